The Morgan fingerprint density at radius 1 is 1.23 bits per heavy atom. The average molecular weight is 596 g/mol. The number of halogens is 2. The normalized spacial score (nSPS) is 11.1. The van der Waals surface area contributed by atoms with Crippen LogP contribution in [0.4, 0.5) is 5.00 Å². The van der Waals surface area contributed by atoms with E-state index < -0.39 is 5.97 Å². The number of thiophene rings is 1. The van der Waals surface area contributed by atoms with Crippen LogP contribution in [0.15, 0.2) is 56.0 Å². The molecule has 0 bridgehead atoms. The van der Waals surface area contributed by atoms with Gasteiger partial charge in [-0.05, 0) is 59.6 Å². The molecule has 182 valence electrons. The zero-order chi connectivity index (χ0) is 25.1. The lowest BCUT2D eigenvalue weighted by atomic mass is 10.0. The van der Waals surface area contributed by atoms with Crippen molar-refractivity contribution in [3.05, 3.63) is 57.0 Å². The number of rotatable bonds is 8. The van der Waals surface area contributed by atoms with E-state index in [1.54, 1.807) is 29.6 Å². The minimum Gasteiger partial charge on any atom is -0.465 e. The second-order valence-corrected chi connectivity index (χ2v) is 10.6. The Kier molecular flexibility index (Phi) is 8.00. The first-order valence-electron chi connectivity index (χ1n) is 10.4. The largest absolute Gasteiger partial charge is 0.465 e. The molecular formula is C23H20BrClN4O4S2. The Hall–Kier alpha value is -2.60. The van der Waals surface area contributed by atoms with Crippen molar-refractivity contribution >= 4 is 67.5 Å². The van der Waals surface area contributed by atoms with Gasteiger partial charge in [-0.15, -0.1) is 21.5 Å². The number of carbonyl (C=O) groups excluding carboxylic acids is 2. The summed E-state index contributed by atoms with van der Waals surface area (Å²) >= 11 is 11.8. The summed E-state index contributed by atoms with van der Waals surface area (Å²) in [7, 11) is 1.31. The van der Waals surface area contributed by atoms with E-state index in [2.05, 4.69) is 31.4 Å². The number of carbonyl (C=O) groups is 2. The molecule has 8 nitrogen and oxygen atoms in total. The highest BCUT2D eigenvalue weighted by Crippen LogP contribution is 2.37. The van der Waals surface area contributed by atoms with Gasteiger partial charge in [0, 0.05) is 22.0 Å². The number of furan rings is 1. The lowest BCUT2D eigenvalue weighted by molar-refractivity contribution is -0.113. The summed E-state index contributed by atoms with van der Waals surface area (Å²) in [5.74, 6) is 0.401. The molecule has 0 saturated carbocycles. The number of ether oxygens (including phenoxy) is 1. The van der Waals surface area contributed by atoms with Gasteiger partial charge in [0.25, 0.3) is 0 Å². The van der Waals surface area contributed by atoms with E-state index in [1.165, 1.54) is 30.2 Å². The smallest absolute Gasteiger partial charge is 0.341 e. The van der Waals surface area contributed by atoms with Crippen molar-refractivity contribution in [1.82, 2.24) is 14.8 Å². The van der Waals surface area contributed by atoms with Gasteiger partial charge in [-0.3, -0.25) is 9.36 Å². The second kappa shape index (κ2) is 11.0. The lowest BCUT2D eigenvalue weighted by Crippen LogP contribution is -2.16. The molecule has 3 heterocycles. The van der Waals surface area contributed by atoms with Crippen LogP contribution >= 0.6 is 50.6 Å². The van der Waals surface area contributed by atoms with Gasteiger partial charge in [0.2, 0.25) is 11.7 Å². The van der Waals surface area contributed by atoms with Crippen LogP contribution in [0.2, 0.25) is 5.02 Å². The third kappa shape index (κ3) is 5.64. The Morgan fingerprint density at radius 3 is 2.60 bits per heavy atom. The molecule has 1 amide bonds. The highest BCUT2D eigenvalue weighted by Gasteiger charge is 2.24. The van der Waals surface area contributed by atoms with Crippen LogP contribution < -0.4 is 5.32 Å². The molecule has 0 radical (unpaired) electrons. The minimum atomic E-state index is -0.534. The van der Waals surface area contributed by atoms with Gasteiger partial charge < -0.3 is 14.5 Å². The fourth-order valence-electron chi connectivity index (χ4n) is 3.33. The van der Waals surface area contributed by atoms with Crippen LogP contribution in [0, 0.1) is 0 Å². The zero-order valence-electron chi connectivity index (χ0n) is 18.9. The van der Waals surface area contributed by atoms with E-state index in [0.29, 0.717) is 42.6 Å². The Morgan fingerprint density at radius 2 is 1.97 bits per heavy atom. The van der Waals surface area contributed by atoms with Crippen molar-refractivity contribution in [3.8, 4) is 22.7 Å². The molecule has 1 aromatic carbocycles. The third-order valence-electron chi connectivity index (χ3n) is 4.90. The number of hydrogen-bond donors (Lipinski definition) is 1. The highest BCUT2D eigenvalue weighted by atomic mass is 79.9. The van der Waals surface area contributed by atoms with Gasteiger partial charge in [0.05, 0.1) is 12.9 Å². The number of aromatic nitrogens is 3. The average Bonchev–Trinajstić information content (AvgIpc) is 3.55. The van der Waals surface area contributed by atoms with Gasteiger partial charge in [-0.1, -0.05) is 35.5 Å². The summed E-state index contributed by atoms with van der Waals surface area (Å²) in [5, 5.41) is 14.7. The Labute approximate surface area is 223 Å². The third-order valence-corrected chi connectivity index (χ3v) is 7.41. The van der Waals surface area contributed by atoms with Gasteiger partial charge in [-0.2, -0.15) is 0 Å². The van der Waals surface area contributed by atoms with Crippen molar-refractivity contribution < 1.29 is 18.7 Å². The van der Waals surface area contributed by atoms with Gasteiger partial charge in [0.1, 0.15) is 10.6 Å². The minimum absolute atomic E-state index is 0.0413. The van der Waals surface area contributed by atoms with Crippen LogP contribution in [0.3, 0.4) is 0 Å². The van der Waals surface area contributed by atoms with E-state index >= 15 is 0 Å². The maximum absolute atomic E-state index is 12.8. The molecule has 0 aliphatic carbocycles. The quantitative estimate of drug-likeness (QED) is 0.177. The van der Waals surface area contributed by atoms with Crippen molar-refractivity contribution in [2.75, 3.05) is 18.2 Å². The van der Waals surface area contributed by atoms with Gasteiger partial charge in [0.15, 0.2) is 15.6 Å². The fourth-order valence-corrected chi connectivity index (χ4v) is 5.61. The van der Waals surface area contributed by atoms with Gasteiger partial charge >= 0.3 is 5.97 Å². The van der Waals surface area contributed by atoms with Crippen LogP contribution in [-0.4, -0.2) is 39.5 Å². The SMILES string of the molecule is COC(=O)c1c(-c2ccc(Cl)cc2)csc1NC(=O)CSc1nnc(-c2ccc(Br)o2)n1C(C)C. The number of thioether (sulfide) groups is 1. The first-order valence-corrected chi connectivity index (χ1v) is 13.4. The maximum atomic E-state index is 12.8. The maximum Gasteiger partial charge on any atom is 0.341 e. The standard InChI is InChI=1S/C23H20BrClN4O4S2/c1-12(2)29-20(16-8-9-17(24)33-16)27-28-23(29)35-11-18(30)26-21-19(22(31)32-3)15(10-34-21)13-4-6-14(25)7-5-13/h4-10,12H,11H2,1-3H3,(H,26,30). The summed E-state index contributed by atoms with van der Waals surface area (Å²) in [6.45, 7) is 4.00. The van der Waals surface area contributed by atoms with E-state index in [-0.39, 0.29) is 17.7 Å². The van der Waals surface area contributed by atoms with E-state index in [0.717, 1.165) is 5.56 Å². The molecule has 3 aromatic heterocycles. The van der Waals surface area contributed by atoms with Crippen LogP contribution in [0.25, 0.3) is 22.7 Å². The van der Waals surface area contributed by atoms with Crippen molar-refractivity contribution in [1.29, 1.82) is 0 Å². The number of hydrogen-bond acceptors (Lipinski definition) is 8. The molecule has 1 N–H and O–H groups in total. The molecule has 0 spiro atoms. The first kappa shape index (κ1) is 25.5. The highest BCUT2D eigenvalue weighted by molar-refractivity contribution is 9.10. The van der Waals surface area contributed by atoms with Crippen molar-refractivity contribution in [3.63, 3.8) is 0 Å². The lowest BCUT2D eigenvalue weighted by Gasteiger charge is -2.12. The monoisotopic (exact) mass is 594 g/mol. The topological polar surface area (TPSA) is 99.2 Å². The molecule has 0 unspecified atom stereocenters. The molecule has 0 saturated heterocycles. The molecular weight excluding hydrogens is 576 g/mol. The fraction of sp³-hybridized carbons (Fsp3) is 0.217. The van der Waals surface area contributed by atoms with Crippen molar-refractivity contribution in [2.24, 2.45) is 0 Å². The number of benzene rings is 1. The summed E-state index contributed by atoms with van der Waals surface area (Å²) in [6.07, 6.45) is 0. The summed E-state index contributed by atoms with van der Waals surface area (Å²) < 4.78 is 13.1. The molecule has 4 rings (SSSR count). The van der Waals surface area contributed by atoms with E-state index in [4.69, 9.17) is 20.8 Å². The van der Waals surface area contributed by atoms with E-state index in [9.17, 15) is 9.59 Å². The molecule has 12 heteroatoms. The number of methoxy groups -OCH3 is 1. The predicted molar refractivity (Wildman–Crippen MR) is 141 cm³/mol. The van der Waals surface area contributed by atoms with Gasteiger partial charge in [-0.25, -0.2) is 4.79 Å². The zero-order valence-corrected chi connectivity index (χ0v) is 22.8. The van der Waals surface area contributed by atoms with Crippen LogP contribution in [0.1, 0.15) is 30.2 Å². The molecule has 0 atom stereocenters. The van der Waals surface area contributed by atoms with Crippen LogP contribution in [-0.2, 0) is 9.53 Å². The number of esters is 1. The summed E-state index contributed by atoms with van der Waals surface area (Å²) in [6, 6.07) is 10.7. The summed E-state index contributed by atoms with van der Waals surface area (Å²) in [4.78, 5) is 25.4. The molecule has 0 aliphatic heterocycles. The predicted octanol–water partition coefficient (Wildman–Crippen LogP) is 6.78. The molecule has 0 fully saturated rings. The number of anilines is 1. The molecule has 4 aromatic rings. The second-order valence-electron chi connectivity index (χ2n) is 7.56. The van der Waals surface area contributed by atoms with Crippen LogP contribution in [0.5, 0.6) is 0 Å². The number of nitrogens with zero attached hydrogens (tertiary/aromatic N) is 3. The van der Waals surface area contributed by atoms with Crippen molar-refractivity contribution in [2.45, 2.75) is 25.0 Å². The Balaban J connectivity index is 1.52. The van der Waals surface area contributed by atoms with E-state index in [1.807, 2.05) is 30.5 Å². The summed E-state index contributed by atoms with van der Waals surface area (Å²) in [5.41, 5.74) is 1.76. The first-order chi connectivity index (χ1) is 16.8. The molecule has 35 heavy (non-hydrogen) atoms. The number of amides is 1. The number of nitrogens with one attached hydrogen (secondary N) is 1. The molecule has 0 aliphatic rings. The Bertz CT molecular complexity index is 1360.